The lowest BCUT2D eigenvalue weighted by molar-refractivity contribution is 0.585. The molecule has 0 amide bonds. The quantitative estimate of drug-likeness (QED) is 0.732. The van der Waals surface area contributed by atoms with Gasteiger partial charge in [-0.1, -0.05) is 32.9 Å². The average molecular weight is 215 g/mol. The van der Waals surface area contributed by atoms with Crippen LogP contribution in [0.15, 0.2) is 30.9 Å². The SMILES string of the molecule is Cc1c(-n2cncn2)cccc1C(C)(C)C. The molecule has 0 radical (unpaired) electrons. The normalized spacial score (nSPS) is 11.8. The zero-order valence-electron chi connectivity index (χ0n) is 10.2. The molecule has 3 heteroatoms. The number of nitrogens with zero attached hydrogens (tertiary/aromatic N) is 3. The summed E-state index contributed by atoms with van der Waals surface area (Å²) in [5.41, 5.74) is 3.87. The number of aromatic nitrogens is 3. The molecular weight excluding hydrogens is 198 g/mol. The molecule has 0 atom stereocenters. The lowest BCUT2D eigenvalue weighted by Crippen LogP contribution is -2.14. The Morgan fingerprint density at radius 3 is 2.50 bits per heavy atom. The summed E-state index contributed by atoms with van der Waals surface area (Å²) < 4.78 is 1.81. The molecular formula is C13H17N3. The first-order valence-electron chi connectivity index (χ1n) is 5.45. The smallest absolute Gasteiger partial charge is 0.138 e. The zero-order valence-corrected chi connectivity index (χ0v) is 10.2. The molecule has 1 aromatic heterocycles. The molecule has 0 unspecified atom stereocenters. The molecule has 0 fully saturated rings. The van der Waals surface area contributed by atoms with Crippen LogP contribution >= 0.6 is 0 Å². The summed E-state index contributed by atoms with van der Waals surface area (Å²) in [5.74, 6) is 0. The van der Waals surface area contributed by atoms with Crippen LogP contribution in [0.3, 0.4) is 0 Å². The fourth-order valence-electron chi connectivity index (χ4n) is 2.02. The van der Waals surface area contributed by atoms with Gasteiger partial charge in [0.2, 0.25) is 0 Å². The van der Waals surface area contributed by atoms with E-state index in [1.807, 2.05) is 4.68 Å². The van der Waals surface area contributed by atoms with Gasteiger partial charge in [-0.25, -0.2) is 9.67 Å². The fraction of sp³-hybridized carbons (Fsp3) is 0.385. The van der Waals surface area contributed by atoms with Crippen LogP contribution in [-0.2, 0) is 5.41 Å². The molecule has 0 aliphatic rings. The summed E-state index contributed by atoms with van der Waals surface area (Å²) in [6.07, 6.45) is 3.29. The van der Waals surface area contributed by atoms with Gasteiger partial charge in [0, 0.05) is 0 Å². The minimum Gasteiger partial charge on any atom is -0.223 e. The van der Waals surface area contributed by atoms with Gasteiger partial charge in [-0.2, -0.15) is 5.10 Å². The zero-order chi connectivity index (χ0) is 11.8. The molecule has 0 aliphatic carbocycles. The lowest BCUT2D eigenvalue weighted by Gasteiger charge is -2.23. The van der Waals surface area contributed by atoms with Crippen LogP contribution in [0.2, 0.25) is 0 Å². The molecule has 16 heavy (non-hydrogen) atoms. The van der Waals surface area contributed by atoms with Gasteiger partial charge in [0.15, 0.2) is 0 Å². The molecule has 0 saturated heterocycles. The Kier molecular flexibility index (Phi) is 2.54. The van der Waals surface area contributed by atoms with Crippen LogP contribution < -0.4 is 0 Å². The van der Waals surface area contributed by atoms with E-state index in [0.717, 1.165) is 5.69 Å². The monoisotopic (exact) mass is 215 g/mol. The summed E-state index contributed by atoms with van der Waals surface area (Å²) in [5, 5.41) is 4.18. The fourth-order valence-corrected chi connectivity index (χ4v) is 2.02. The van der Waals surface area contributed by atoms with Gasteiger partial charge in [0.05, 0.1) is 5.69 Å². The van der Waals surface area contributed by atoms with E-state index in [0.29, 0.717) is 0 Å². The van der Waals surface area contributed by atoms with Crippen LogP contribution in [-0.4, -0.2) is 14.8 Å². The summed E-state index contributed by atoms with van der Waals surface area (Å²) in [4.78, 5) is 3.98. The Hall–Kier alpha value is -1.64. The van der Waals surface area contributed by atoms with E-state index in [4.69, 9.17) is 0 Å². The van der Waals surface area contributed by atoms with E-state index in [1.54, 1.807) is 12.7 Å². The van der Waals surface area contributed by atoms with Gasteiger partial charge in [-0.15, -0.1) is 0 Å². The van der Waals surface area contributed by atoms with Crippen molar-refractivity contribution < 1.29 is 0 Å². The van der Waals surface area contributed by atoms with Gasteiger partial charge in [-0.05, 0) is 29.5 Å². The van der Waals surface area contributed by atoms with Crippen molar-refractivity contribution in [1.82, 2.24) is 14.8 Å². The summed E-state index contributed by atoms with van der Waals surface area (Å²) in [6, 6.07) is 6.32. The Bertz CT molecular complexity index is 478. The van der Waals surface area contributed by atoms with Crippen molar-refractivity contribution in [3.8, 4) is 5.69 Å². The van der Waals surface area contributed by atoms with Crippen molar-refractivity contribution in [3.63, 3.8) is 0 Å². The van der Waals surface area contributed by atoms with E-state index >= 15 is 0 Å². The van der Waals surface area contributed by atoms with Gasteiger partial charge >= 0.3 is 0 Å². The first-order chi connectivity index (χ1) is 7.50. The highest BCUT2D eigenvalue weighted by atomic mass is 15.3. The van der Waals surface area contributed by atoms with Gasteiger partial charge in [0.25, 0.3) is 0 Å². The predicted octanol–water partition coefficient (Wildman–Crippen LogP) is 2.87. The molecule has 0 N–H and O–H groups in total. The molecule has 0 saturated carbocycles. The lowest BCUT2D eigenvalue weighted by atomic mass is 9.83. The second kappa shape index (κ2) is 3.74. The van der Waals surface area contributed by atoms with Gasteiger partial charge in [0.1, 0.15) is 12.7 Å². The van der Waals surface area contributed by atoms with E-state index in [9.17, 15) is 0 Å². The summed E-state index contributed by atoms with van der Waals surface area (Å²) in [6.45, 7) is 8.80. The maximum absolute atomic E-state index is 4.18. The summed E-state index contributed by atoms with van der Waals surface area (Å²) >= 11 is 0. The van der Waals surface area contributed by atoms with Crippen LogP contribution in [0.5, 0.6) is 0 Å². The van der Waals surface area contributed by atoms with Crippen molar-refractivity contribution in [3.05, 3.63) is 42.0 Å². The van der Waals surface area contributed by atoms with Crippen molar-refractivity contribution in [2.45, 2.75) is 33.1 Å². The van der Waals surface area contributed by atoms with E-state index in [1.165, 1.54) is 11.1 Å². The first kappa shape index (κ1) is 10.9. The van der Waals surface area contributed by atoms with Crippen LogP contribution in [0.25, 0.3) is 5.69 Å². The third-order valence-electron chi connectivity index (χ3n) is 2.78. The minimum absolute atomic E-state index is 0.153. The molecule has 2 rings (SSSR count). The Balaban J connectivity index is 2.58. The standard InChI is InChI=1S/C13H17N3/c1-10-11(13(2,3)4)6-5-7-12(10)16-9-14-8-15-16/h5-9H,1-4H3. The van der Waals surface area contributed by atoms with Crippen LogP contribution in [0.1, 0.15) is 31.9 Å². The highest BCUT2D eigenvalue weighted by Gasteiger charge is 2.18. The maximum Gasteiger partial charge on any atom is 0.138 e. The molecule has 84 valence electrons. The van der Waals surface area contributed by atoms with Crippen LogP contribution in [0.4, 0.5) is 0 Å². The Labute approximate surface area is 96.1 Å². The Morgan fingerprint density at radius 1 is 1.19 bits per heavy atom. The predicted molar refractivity (Wildman–Crippen MR) is 64.8 cm³/mol. The number of hydrogen-bond donors (Lipinski definition) is 0. The topological polar surface area (TPSA) is 30.7 Å². The average Bonchev–Trinajstić information content (AvgIpc) is 2.69. The second-order valence-corrected chi connectivity index (χ2v) is 5.04. The highest BCUT2D eigenvalue weighted by Crippen LogP contribution is 2.28. The molecule has 1 aromatic carbocycles. The number of rotatable bonds is 1. The number of benzene rings is 1. The van der Waals surface area contributed by atoms with Crippen molar-refractivity contribution in [1.29, 1.82) is 0 Å². The summed E-state index contributed by atoms with van der Waals surface area (Å²) in [7, 11) is 0. The molecule has 0 spiro atoms. The molecule has 2 aromatic rings. The molecule has 0 bridgehead atoms. The van der Waals surface area contributed by atoms with Crippen molar-refractivity contribution in [2.24, 2.45) is 0 Å². The van der Waals surface area contributed by atoms with E-state index in [-0.39, 0.29) is 5.41 Å². The van der Waals surface area contributed by atoms with Crippen molar-refractivity contribution in [2.75, 3.05) is 0 Å². The first-order valence-corrected chi connectivity index (χ1v) is 5.45. The van der Waals surface area contributed by atoms with Crippen LogP contribution in [0, 0.1) is 6.92 Å². The largest absolute Gasteiger partial charge is 0.223 e. The minimum atomic E-state index is 0.153. The van der Waals surface area contributed by atoms with Crippen molar-refractivity contribution >= 4 is 0 Å². The van der Waals surface area contributed by atoms with E-state index in [2.05, 4.69) is 56.0 Å². The molecule has 3 nitrogen and oxygen atoms in total. The molecule has 0 aliphatic heterocycles. The molecule has 1 heterocycles. The third-order valence-corrected chi connectivity index (χ3v) is 2.78. The Morgan fingerprint density at radius 2 is 1.94 bits per heavy atom. The van der Waals surface area contributed by atoms with E-state index < -0.39 is 0 Å². The number of hydrogen-bond acceptors (Lipinski definition) is 2. The maximum atomic E-state index is 4.18. The van der Waals surface area contributed by atoms with Gasteiger partial charge in [-0.3, -0.25) is 0 Å². The highest BCUT2D eigenvalue weighted by molar-refractivity contribution is 5.46. The third kappa shape index (κ3) is 1.85. The second-order valence-electron chi connectivity index (χ2n) is 5.04. The van der Waals surface area contributed by atoms with Gasteiger partial charge < -0.3 is 0 Å².